The highest BCUT2D eigenvalue weighted by Crippen LogP contribution is 2.29. The number of aliphatic hydroxyl groups is 1. The van der Waals surface area contributed by atoms with Crippen molar-refractivity contribution in [2.24, 2.45) is 0 Å². The molecule has 1 N–H and O–H groups in total. The van der Waals surface area contributed by atoms with Crippen LogP contribution in [-0.2, 0) is 10.3 Å². The van der Waals surface area contributed by atoms with Crippen LogP contribution in [0.2, 0.25) is 5.02 Å². The minimum Gasteiger partial charge on any atom is -0.383 e. The number of methoxy groups -OCH3 is 1. The van der Waals surface area contributed by atoms with Crippen molar-refractivity contribution in [1.82, 2.24) is 24.1 Å². The van der Waals surface area contributed by atoms with E-state index >= 15 is 0 Å². The molecule has 0 aliphatic heterocycles. The second-order valence-corrected chi connectivity index (χ2v) is 7.79. The number of aromatic nitrogens is 5. The summed E-state index contributed by atoms with van der Waals surface area (Å²) in [6, 6.07) is 5.12. The van der Waals surface area contributed by atoms with E-state index in [1.54, 1.807) is 28.2 Å². The zero-order chi connectivity index (χ0) is 20.9. The zero-order valence-electron chi connectivity index (χ0n) is 16.4. The first kappa shape index (κ1) is 19.6. The van der Waals surface area contributed by atoms with Crippen molar-refractivity contribution in [1.29, 1.82) is 0 Å². The number of ether oxygens (including phenoxy) is 1. The molecule has 1 aromatic carbocycles. The summed E-state index contributed by atoms with van der Waals surface area (Å²) in [7, 11) is 1.57. The maximum atomic E-state index is 13.5. The fourth-order valence-electron chi connectivity index (χ4n) is 3.36. The van der Waals surface area contributed by atoms with Gasteiger partial charge in [0.05, 0.1) is 28.7 Å². The van der Waals surface area contributed by atoms with Gasteiger partial charge in [-0.05, 0) is 32.9 Å². The summed E-state index contributed by atoms with van der Waals surface area (Å²) in [6.45, 7) is 5.26. The molecule has 0 saturated heterocycles. The van der Waals surface area contributed by atoms with Gasteiger partial charge in [-0.15, -0.1) is 0 Å². The minimum atomic E-state index is -1.31. The van der Waals surface area contributed by atoms with E-state index in [4.69, 9.17) is 20.9 Å². The van der Waals surface area contributed by atoms with Gasteiger partial charge in [-0.25, -0.2) is 4.98 Å². The molecule has 0 bridgehead atoms. The summed E-state index contributed by atoms with van der Waals surface area (Å²) < 4.78 is 13.7. The van der Waals surface area contributed by atoms with Gasteiger partial charge < -0.3 is 14.4 Å². The number of benzene rings is 1. The Labute approximate surface area is 170 Å². The van der Waals surface area contributed by atoms with Gasteiger partial charge in [0, 0.05) is 7.11 Å². The van der Waals surface area contributed by atoms with Gasteiger partial charge in [0.15, 0.2) is 0 Å². The molecule has 0 amide bonds. The lowest BCUT2D eigenvalue weighted by atomic mass is 10.1. The van der Waals surface area contributed by atoms with Crippen LogP contribution in [0, 0.1) is 0 Å². The van der Waals surface area contributed by atoms with E-state index < -0.39 is 5.60 Å². The van der Waals surface area contributed by atoms with Crippen LogP contribution in [0.5, 0.6) is 0 Å². The zero-order valence-corrected chi connectivity index (χ0v) is 17.1. The van der Waals surface area contributed by atoms with Crippen molar-refractivity contribution in [3.8, 4) is 11.5 Å². The Morgan fingerprint density at radius 3 is 2.76 bits per heavy atom. The highest BCUT2D eigenvalue weighted by Gasteiger charge is 2.27. The predicted octanol–water partition coefficient (Wildman–Crippen LogP) is 2.79. The Kier molecular flexibility index (Phi) is 4.68. The molecule has 0 aliphatic rings. The monoisotopic (exact) mass is 417 g/mol. The predicted molar refractivity (Wildman–Crippen MR) is 107 cm³/mol. The summed E-state index contributed by atoms with van der Waals surface area (Å²) in [5.74, 6) is 0.152. The van der Waals surface area contributed by atoms with E-state index in [1.807, 2.05) is 13.0 Å². The number of fused-ring (bicyclic) bond motifs is 3. The summed E-state index contributed by atoms with van der Waals surface area (Å²) in [6.07, 6.45) is 1.52. The van der Waals surface area contributed by atoms with E-state index in [9.17, 15) is 9.90 Å². The Balaban J connectivity index is 2.07. The Morgan fingerprint density at radius 2 is 2.10 bits per heavy atom. The highest BCUT2D eigenvalue weighted by molar-refractivity contribution is 6.35. The van der Waals surface area contributed by atoms with Crippen molar-refractivity contribution in [3.63, 3.8) is 0 Å². The molecule has 0 radical (unpaired) electrons. The quantitative estimate of drug-likeness (QED) is 0.531. The van der Waals surface area contributed by atoms with Crippen LogP contribution in [0.1, 0.15) is 32.7 Å². The smallest absolute Gasteiger partial charge is 0.278 e. The van der Waals surface area contributed by atoms with E-state index in [0.29, 0.717) is 22.7 Å². The average molecular weight is 418 g/mol. The van der Waals surface area contributed by atoms with Crippen molar-refractivity contribution in [2.75, 3.05) is 13.7 Å². The molecule has 9 nitrogen and oxygen atoms in total. The van der Waals surface area contributed by atoms with Crippen LogP contribution >= 0.6 is 11.6 Å². The third-order valence-electron chi connectivity index (χ3n) is 4.66. The molecular weight excluding hydrogens is 398 g/mol. The molecular formula is C19H20ClN5O4. The Bertz CT molecular complexity index is 1270. The first-order valence-electron chi connectivity index (χ1n) is 8.99. The summed E-state index contributed by atoms with van der Waals surface area (Å²) in [5.41, 5.74) is 0.219. The van der Waals surface area contributed by atoms with Crippen LogP contribution in [0.15, 0.2) is 33.8 Å². The fraction of sp³-hybridized carbons (Fsp3) is 0.368. The molecule has 4 aromatic rings. The number of para-hydroxylation sites is 1. The second kappa shape index (κ2) is 6.94. The van der Waals surface area contributed by atoms with Crippen molar-refractivity contribution >= 4 is 28.2 Å². The number of hydrogen-bond acceptors (Lipinski definition) is 7. The van der Waals surface area contributed by atoms with E-state index in [1.165, 1.54) is 20.2 Å². The second-order valence-electron chi connectivity index (χ2n) is 7.38. The van der Waals surface area contributed by atoms with E-state index in [2.05, 4.69) is 15.1 Å². The van der Waals surface area contributed by atoms with E-state index in [0.717, 1.165) is 0 Å². The number of hydrogen-bond donors (Lipinski definition) is 1. The first-order valence-corrected chi connectivity index (χ1v) is 9.37. The normalized spacial score (nSPS) is 13.4. The number of halogens is 1. The van der Waals surface area contributed by atoms with Crippen LogP contribution in [0.3, 0.4) is 0 Å². The van der Waals surface area contributed by atoms with Crippen molar-refractivity contribution in [2.45, 2.75) is 32.4 Å². The summed E-state index contributed by atoms with van der Waals surface area (Å²) in [4.78, 5) is 22.1. The van der Waals surface area contributed by atoms with Gasteiger partial charge >= 0.3 is 0 Å². The maximum absolute atomic E-state index is 13.5. The number of imidazole rings is 1. The van der Waals surface area contributed by atoms with Gasteiger partial charge in [-0.2, -0.15) is 4.98 Å². The Morgan fingerprint density at radius 1 is 1.34 bits per heavy atom. The molecule has 0 saturated carbocycles. The van der Waals surface area contributed by atoms with Crippen LogP contribution < -0.4 is 5.56 Å². The van der Waals surface area contributed by atoms with Gasteiger partial charge in [0.25, 0.3) is 11.4 Å². The SMILES string of the molecule is COCC(C)n1c(=O)c2c(-c3noc(C(C)(C)O)n3)ncn2c2cccc(Cl)c21. The Hall–Kier alpha value is -2.75. The van der Waals surface area contributed by atoms with Crippen LogP contribution in [0.25, 0.3) is 28.1 Å². The first-order chi connectivity index (χ1) is 13.7. The third-order valence-corrected chi connectivity index (χ3v) is 4.97. The van der Waals surface area contributed by atoms with E-state index in [-0.39, 0.29) is 34.5 Å². The fourth-order valence-corrected chi connectivity index (χ4v) is 3.62. The molecule has 29 heavy (non-hydrogen) atoms. The summed E-state index contributed by atoms with van der Waals surface area (Å²) >= 11 is 6.45. The molecule has 3 heterocycles. The number of rotatable bonds is 5. The van der Waals surface area contributed by atoms with Crippen molar-refractivity contribution in [3.05, 3.63) is 45.8 Å². The molecule has 0 spiro atoms. The molecule has 3 aromatic heterocycles. The standard InChI is InChI=1S/C19H20ClN5O4/c1-10(8-28-4)25-14-11(20)6-5-7-12(14)24-9-21-13(15(24)17(25)26)16-22-18(29-23-16)19(2,3)27/h5-7,9-10,27H,8H2,1-4H3. The molecule has 0 aliphatic carbocycles. The number of nitrogens with zero attached hydrogens (tertiary/aromatic N) is 5. The highest BCUT2D eigenvalue weighted by atomic mass is 35.5. The molecule has 1 unspecified atom stereocenters. The molecule has 152 valence electrons. The lowest BCUT2D eigenvalue weighted by molar-refractivity contribution is 0.0420. The molecule has 10 heteroatoms. The molecule has 1 atom stereocenters. The van der Waals surface area contributed by atoms with Gasteiger partial charge in [0.2, 0.25) is 5.82 Å². The third kappa shape index (κ3) is 3.11. The summed E-state index contributed by atoms with van der Waals surface area (Å²) in [5, 5.41) is 14.5. The molecule has 4 rings (SSSR count). The topological polar surface area (TPSA) is 108 Å². The molecule has 0 fully saturated rings. The van der Waals surface area contributed by atoms with Gasteiger partial charge in [0.1, 0.15) is 23.1 Å². The average Bonchev–Trinajstić information content (AvgIpc) is 3.29. The maximum Gasteiger partial charge on any atom is 0.278 e. The van der Waals surface area contributed by atoms with Crippen molar-refractivity contribution < 1.29 is 14.4 Å². The van der Waals surface area contributed by atoms with Gasteiger partial charge in [-0.1, -0.05) is 22.8 Å². The lowest BCUT2D eigenvalue weighted by Crippen LogP contribution is -2.28. The minimum absolute atomic E-state index is 0.0329. The van der Waals surface area contributed by atoms with Gasteiger partial charge in [-0.3, -0.25) is 13.8 Å². The largest absolute Gasteiger partial charge is 0.383 e. The van der Waals surface area contributed by atoms with Crippen LogP contribution in [-0.4, -0.2) is 42.9 Å². The lowest BCUT2D eigenvalue weighted by Gasteiger charge is -2.19. The van der Waals surface area contributed by atoms with Crippen LogP contribution in [0.4, 0.5) is 0 Å².